The summed E-state index contributed by atoms with van der Waals surface area (Å²) in [5.41, 5.74) is 18.8. The molecule has 0 rings (SSSR count). The van der Waals surface area contributed by atoms with Crippen molar-refractivity contribution in [3.63, 3.8) is 0 Å². The van der Waals surface area contributed by atoms with Crippen molar-refractivity contribution in [1.82, 2.24) is 0 Å². The third kappa shape index (κ3) is 111. The fourth-order valence-corrected chi connectivity index (χ4v) is 0.115. The van der Waals surface area contributed by atoms with E-state index < -0.39 is 0 Å². The summed E-state index contributed by atoms with van der Waals surface area (Å²) in [5.74, 6) is -0.394. The van der Waals surface area contributed by atoms with E-state index in [4.69, 9.17) is 33.5 Å². The Labute approximate surface area is 112 Å². The molecule has 0 aromatic rings. The first-order valence-electron chi connectivity index (χ1n) is 2.72. The van der Waals surface area contributed by atoms with Gasteiger partial charge in [0.15, 0.2) is 0 Å². The summed E-state index contributed by atoms with van der Waals surface area (Å²) in [5, 5.41) is 15.3. The summed E-state index contributed by atoms with van der Waals surface area (Å²) >= 11 is 0.757. The predicted octanol–water partition coefficient (Wildman–Crippen LogP) is -2.79. The number of nitriles is 2. The second kappa shape index (κ2) is 29.3. The Hall–Kier alpha value is -1.46. The molecule has 12 N–H and O–H groups in total. The summed E-state index contributed by atoms with van der Waals surface area (Å²) in [6, 6.07) is 0. The van der Waals surface area contributed by atoms with Crippen LogP contribution in [0.2, 0.25) is 0 Å². The quantitative estimate of drug-likeness (QED) is 0.157. The Morgan fingerprint density at radius 3 is 1.06 bits per heavy atom. The van der Waals surface area contributed by atoms with E-state index in [1.165, 1.54) is 12.4 Å². The van der Waals surface area contributed by atoms with E-state index in [2.05, 4.69) is 30.2 Å². The molecule has 10 nitrogen and oxygen atoms in total. The molecule has 0 saturated carbocycles. The van der Waals surface area contributed by atoms with Gasteiger partial charge in [0.1, 0.15) is 0 Å². The van der Waals surface area contributed by atoms with Gasteiger partial charge in [0.2, 0.25) is 24.3 Å². The van der Waals surface area contributed by atoms with Crippen LogP contribution in [0, 0.1) is 22.9 Å². The summed E-state index contributed by atoms with van der Waals surface area (Å²) in [6.07, 6.45) is 2.81. The van der Waals surface area contributed by atoms with E-state index in [1.807, 2.05) is 0 Å². The van der Waals surface area contributed by atoms with Crippen molar-refractivity contribution in [2.45, 2.75) is 0 Å². The van der Waals surface area contributed by atoms with Crippen molar-refractivity contribution in [2.75, 3.05) is 0 Å². The third-order valence-corrected chi connectivity index (χ3v) is 0.358. The van der Waals surface area contributed by atoms with Crippen molar-refractivity contribution in [3.05, 3.63) is 0 Å². The van der Waals surface area contributed by atoms with Crippen molar-refractivity contribution in [3.8, 4) is 12.4 Å². The van der Waals surface area contributed by atoms with Gasteiger partial charge in [-0.05, 0) is 0 Å². The van der Waals surface area contributed by atoms with Gasteiger partial charge in [-0.25, -0.2) is 0 Å². The van der Waals surface area contributed by atoms with Crippen LogP contribution < -0.4 is 22.9 Å². The standard InChI is InChI=1S/2C2H4N4.2ClH.Cu.2H2O/c2*3-1-6-2(4)5;;;;;/h2*(H4,4,5,6);2*1H;;2*1H2/q;;;;+2;;/p-2. The minimum atomic E-state index is -0.197. The van der Waals surface area contributed by atoms with Crippen LogP contribution in [0.5, 0.6) is 0 Å². The van der Waals surface area contributed by atoms with Gasteiger partial charge in [0.25, 0.3) is 0 Å². The van der Waals surface area contributed by atoms with Crippen molar-refractivity contribution < 1.29 is 24.1 Å². The van der Waals surface area contributed by atoms with Gasteiger partial charge < -0.3 is 33.9 Å². The topological polar surface area (TPSA) is 239 Å². The molecule has 0 amide bonds. The van der Waals surface area contributed by atoms with Gasteiger partial charge in [0, 0.05) is 0 Å². The molecule has 105 valence electrons. The minimum absolute atomic E-state index is 0. The van der Waals surface area contributed by atoms with Crippen LogP contribution in [0.25, 0.3) is 0 Å². The van der Waals surface area contributed by atoms with Crippen LogP contribution in [0.15, 0.2) is 9.98 Å². The van der Waals surface area contributed by atoms with Crippen LogP contribution in [0.1, 0.15) is 0 Å². The summed E-state index contributed by atoms with van der Waals surface area (Å²) in [7, 11) is 9.34. The SMILES string of the molecule is N#CN=C(N)N.N#CN=C(N)N.O.O.[Cl][Cu][Cl]. The number of halogens is 2. The summed E-state index contributed by atoms with van der Waals surface area (Å²) in [4.78, 5) is 5.81. The van der Waals surface area contributed by atoms with Gasteiger partial charge in [-0.15, -0.1) is 9.98 Å². The Kier molecular flexibility index (Phi) is 51.0. The van der Waals surface area contributed by atoms with Crippen molar-refractivity contribution in [2.24, 2.45) is 32.9 Å². The maximum atomic E-state index is 7.64. The monoisotopic (exact) mass is 337 g/mol. The molecule has 0 aliphatic carbocycles. The van der Waals surface area contributed by atoms with E-state index >= 15 is 0 Å². The first kappa shape index (κ1) is 29.6. The zero-order chi connectivity index (χ0) is 12.7. The molecule has 17 heavy (non-hydrogen) atoms. The fraction of sp³-hybridized carbons (Fsp3) is 0. The number of hydrogen-bond donors (Lipinski definition) is 4. The molecule has 0 fully saturated rings. The molecule has 0 spiro atoms. The molecule has 0 bridgehead atoms. The summed E-state index contributed by atoms with van der Waals surface area (Å²) in [6.45, 7) is 0. The van der Waals surface area contributed by atoms with Crippen LogP contribution in [0.3, 0.4) is 0 Å². The second-order valence-electron chi connectivity index (χ2n) is 1.32. The van der Waals surface area contributed by atoms with Crippen LogP contribution >= 0.6 is 20.2 Å². The van der Waals surface area contributed by atoms with Crippen LogP contribution in [-0.2, 0) is 13.1 Å². The molecule has 0 unspecified atom stereocenters. The number of aliphatic imine (C=N–C) groups is 2. The van der Waals surface area contributed by atoms with E-state index in [9.17, 15) is 0 Å². The first-order valence-corrected chi connectivity index (χ1v) is 5.32. The number of nitrogens with two attached hydrogens (primary N) is 4. The molecule has 0 atom stereocenters. The number of rotatable bonds is 0. The second-order valence-corrected chi connectivity index (χ2v) is 2.87. The van der Waals surface area contributed by atoms with E-state index in [0.717, 1.165) is 13.1 Å². The fourth-order valence-electron chi connectivity index (χ4n) is 0.115. The third-order valence-electron chi connectivity index (χ3n) is 0.358. The van der Waals surface area contributed by atoms with Crippen LogP contribution in [0.4, 0.5) is 0 Å². The Morgan fingerprint density at radius 1 is 0.882 bits per heavy atom. The Morgan fingerprint density at radius 2 is 1.06 bits per heavy atom. The van der Waals surface area contributed by atoms with Crippen molar-refractivity contribution in [1.29, 1.82) is 10.5 Å². The van der Waals surface area contributed by atoms with Crippen molar-refractivity contribution >= 4 is 32.1 Å². The number of hydrogen-bond acceptors (Lipinski definition) is 4. The molecule has 0 saturated heterocycles. The van der Waals surface area contributed by atoms with Gasteiger partial charge in [-0.2, -0.15) is 10.5 Å². The van der Waals surface area contributed by atoms with Gasteiger partial charge in [0.05, 0.1) is 0 Å². The van der Waals surface area contributed by atoms with Gasteiger partial charge in [-0.1, -0.05) is 0 Å². The van der Waals surface area contributed by atoms with E-state index in [1.54, 1.807) is 0 Å². The van der Waals surface area contributed by atoms with E-state index in [0.29, 0.717) is 0 Å². The van der Waals surface area contributed by atoms with Gasteiger partial charge >= 0.3 is 33.3 Å². The van der Waals surface area contributed by atoms with Crippen LogP contribution in [-0.4, -0.2) is 22.9 Å². The summed E-state index contributed by atoms with van der Waals surface area (Å²) < 4.78 is 0. The van der Waals surface area contributed by atoms with Gasteiger partial charge in [-0.3, -0.25) is 0 Å². The molecule has 0 aliphatic rings. The molecular weight excluding hydrogens is 327 g/mol. The van der Waals surface area contributed by atoms with E-state index in [-0.39, 0.29) is 22.9 Å². The predicted molar refractivity (Wildman–Crippen MR) is 61.8 cm³/mol. The molecule has 0 heterocycles. The molecule has 0 radical (unpaired) electrons. The molecule has 0 aliphatic heterocycles. The molecular formula is C4H12Cl2CuN8O2. The first-order chi connectivity index (χ1) is 6.95. The number of nitrogens with zero attached hydrogens (tertiary/aromatic N) is 4. The molecule has 0 aromatic carbocycles. The average Bonchev–Trinajstić information content (AvgIpc) is 2.05. The normalized spacial score (nSPS) is 5.41. The maximum absolute atomic E-state index is 7.64. The Bertz CT molecular complexity index is 248. The zero-order valence-corrected chi connectivity index (χ0v) is 10.6. The molecule has 13 heteroatoms. The number of guanidine groups is 2. The average molecular weight is 339 g/mol. The zero-order valence-electron chi connectivity index (χ0n) is 8.16. The Balaban J connectivity index is -0.0000000421. The molecule has 0 aromatic heterocycles.